The van der Waals surface area contributed by atoms with E-state index in [4.69, 9.17) is 4.74 Å². The van der Waals surface area contributed by atoms with Crippen molar-refractivity contribution < 1.29 is 4.74 Å². The van der Waals surface area contributed by atoms with Gasteiger partial charge in [-0.25, -0.2) is 0 Å². The molecule has 0 spiro atoms. The summed E-state index contributed by atoms with van der Waals surface area (Å²) in [6.45, 7) is 5.60. The average Bonchev–Trinajstić information content (AvgIpc) is 2.73. The molecule has 1 N–H and O–H groups in total. The van der Waals surface area contributed by atoms with Crippen LogP contribution in [0.4, 0.5) is 0 Å². The van der Waals surface area contributed by atoms with Gasteiger partial charge in [-0.15, -0.1) is 0 Å². The van der Waals surface area contributed by atoms with Crippen LogP contribution < -0.4 is 5.32 Å². The number of nitrogens with one attached hydrogen (secondary N) is 1. The van der Waals surface area contributed by atoms with Crippen LogP contribution in [0.15, 0.2) is 0 Å². The highest BCUT2D eigenvalue weighted by Gasteiger charge is 2.24. The number of ether oxygens (including phenoxy) is 1. The van der Waals surface area contributed by atoms with Gasteiger partial charge in [0.25, 0.3) is 0 Å². The van der Waals surface area contributed by atoms with Gasteiger partial charge in [0.05, 0.1) is 12.2 Å². The summed E-state index contributed by atoms with van der Waals surface area (Å²) < 4.78 is 5.84. The molecule has 0 aromatic carbocycles. The standard InChI is InChI=1S/C14H27NO/c1-11-8-9-14(16-11)10-15-12(2)13-6-4-3-5-7-13/h11-15H,3-10H2,1-2H3/t11?,12-,14?/m0/s1. The Morgan fingerprint density at radius 1 is 1.12 bits per heavy atom. The van der Waals surface area contributed by atoms with Gasteiger partial charge in [-0.2, -0.15) is 0 Å². The first kappa shape index (κ1) is 12.4. The maximum Gasteiger partial charge on any atom is 0.0704 e. The lowest BCUT2D eigenvalue weighted by atomic mass is 9.84. The van der Waals surface area contributed by atoms with Gasteiger partial charge in [0.15, 0.2) is 0 Å². The maximum atomic E-state index is 5.84. The molecule has 1 aliphatic carbocycles. The minimum atomic E-state index is 0.473. The Morgan fingerprint density at radius 3 is 2.50 bits per heavy atom. The molecule has 0 aromatic rings. The molecule has 0 aromatic heterocycles. The van der Waals surface area contributed by atoms with Crippen molar-refractivity contribution in [3.63, 3.8) is 0 Å². The van der Waals surface area contributed by atoms with Crippen LogP contribution in [0.5, 0.6) is 0 Å². The van der Waals surface area contributed by atoms with E-state index >= 15 is 0 Å². The van der Waals surface area contributed by atoms with E-state index < -0.39 is 0 Å². The molecule has 0 radical (unpaired) electrons. The Morgan fingerprint density at radius 2 is 1.88 bits per heavy atom. The van der Waals surface area contributed by atoms with Gasteiger partial charge in [0.2, 0.25) is 0 Å². The van der Waals surface area contributed by atoms with Crippen LogP contribution in [0.1, 0.15) is 58.8 Å². The lowest BCUT2D eigenvalue weighted by Gasteiger charge is -2.29. The van der Waals surface area contributed by atoms with E-state index in [-0.39, 0.29) is 0 Å². The van der Waals surface area contributed by atoms with E-state index in [1.165, 1.54) is 44.9 Å². The Balaban J connectivity index is 1.64. The zero-order chi connectivity index (χ0) is 11.4. The van der Waals surface area contributed by atoms with Gasteiger partial charge in [0, 0.05) is 12.6 Å². The minimum Gasteiger partial charge on any atom is -0.374 e. The minimum absolute atomic E-state index is 0.473. The third-order valence-electron chi connectivity index (χ3n) is 4.34. The molecule has 0 bridgehead atoms. The summed E-state index contributed by atoms with van der Waals surface area (Å²) >= 11 is 0. The highest BCUT2D eigenvalue weighted by atomic mass is 16.5. The van der Waals surface area contributed by atoms with Gasteiger partial charge >= 0.3 is 0 Å². The normalized spacial score (nSPS) is 34.1. The van der Waals surface area contributed by atoms with Crippen LogP contribution in [0.25, 0.3) is 0 Å². The largest absolute Gasteiger partial charge is 0.374 e. The number of hydrogen-bond donors (Lipinski definition) is 1. The molecule has 2 rings (SSSR count). The summed E-state index contributed by atoms with van der Waals surface area (Å²) in [6.07, 6.45) is 10.6. The molecule has 94 valence electrons. The molecule has 2 heteroatoms. The van der Waals surface area contributed by atoms with Gasteiger partial charge in [0.1, 0.15) is 0 Å². The smallest absolute Gasteiger partial charge is 0.0704 e. The first-order valence-electron chi connectivity index (χ1n) is 7.14. The Kier molecular flexibility index (Phi) is 4.66. The molecule has 1 aliphatic heterocycles. The molecular weight excluding hydrogens is 198 g/mol. The molecule has 1 saturated heterocycles. The Hall–Kier alpha value is -0.0800. The third-order valence-corrected chi connectivity index (χ3v) is 4.34. The summed E-state index contributed by atoms with van der Waals surface area (Å²) in [7, 11) is 0. The fourth-order valence-electron chi connectivity index (χ4n) is 3.15. The lowest BCUT2D eigenvalue weighted by Crippen LogP contribution is -2.39. The average molecular weight is 225 g/mol. The zero-order valence-corrected chi connectivity index (χ0v) is 10.9. The molecule has 16 heavy (non-hydrogen) atoms. The summed E-state index contributed by atoms with van der Waals surface area (Å²) in [5.41, 5.74) is 0. The summed E-state index contributed by atoms with van der Waals surface area (Å²) in [4.78, 5) is 0. The molecule has 0 amide bonds. The van der Waals surface area contributed by atoms with E-state index in [9.17, 15) is 0 Å². The van der Waals surface area contributed by atoms with Crippen molar-refractivity contribution in [3.05, 3.63) is 0 Å². The fraction of sp³-hybridized carbons (Fsp3) is 1.00. The molecule has 1 heterocycles. The second-order valence-corrected chi connectivity index (χ2v) is 5.74. The van der Waals surface area contributed by atoms with Crippen molar-refractivity contribution in [2.24, 2.45) is 5.92 Å². The molecule has 2 unspecified atom stereocenters. The number of rotatable bonds is 4. The van der Waals surface area contributed by atoms with Gasteiger partial charge < -0.3 is 10.1 Å². The van der Waals surface area contributed by atoms with Crippen LogP contribution in [0, 0.1) is 5.92 Å². The van der Waals surface area contributed by atoms with Crippen LogP contribution in [0.3, 0.4) is 0 Å². The van der Waals surface area contributed by atoms with Crippen LogP contribution in [-0.2, 0) is 4.74 Å². The number of hydrogen-bond acceptors (Lipinski definition) is 2. The van der Waals surface area contributed by atoms with Crippen LogP contribution >= 0.6 is 0 Å². The summed E-state index contributed by atoms with van der Waals surface area (Å²) in [5, 5.41) is 3.69. The molecule has 2 aliphatic rings. The summed E-state index contributed by atoms with van der Waals surface area (Å²) in [5.74, 6) is 0.910. The topological polar surface area (TPSA) is 21.3 Å². The quantitative estimate of drug-likeness (QED) is 0.794. The van der Waals surface area contributed by atoms with Crippen molar-refractivity contribution in [3.8, 4) is 0 Å². The summed E-state index contributed by atoms with van der Waals surface area (Å²) in [6, 6.07) is 0.680. The second-order valence-electron chi connectivity index (χ2n) is 5.74. The fourth-order valence-corrected chi connectivity index (χ4v) is 3.15. The van der Waals surface area contributed by atoms with Crippen molar-refractivity contribution >= 4 is 0 Å². The maximum absolute atomic E-state index is 5.84. The molecule has 2 nitrogen and oxygen atoms in total. The first-order valence-corrected chi connectivity index (χ1v) is 7.14. The van der Waals surface area contributed by atoms with E-state index in [0.717, 1.165) is 12.5 Å². The Labute approximate surface area is 100 Å². The zero-order valence-electron chi connectivity index (χ0n) is 10.9. The predicted molar refractivity (Wildman–Crippen MR) is 67.6 cm³/mol. The van der Waals surface area contributed by atoms with E-state index in [2.05, 4.69) is 19.2 Å². The highest BCUT2D eigenvalue weighted by Crippen LogP contribution is 2.26. The first-order chi connectivity index (χ1) is 7.75. The van der Waals surface area contributed by atoms with Crippen molar-refractivity contribution in [2.75, 3.05) is 6.54 Å². The third kappa shape index (κ3) is 3.46. The predicted octanol–water partition coefficient (Wildman–Crippen LogP) is 3.11. The molecule has 1 saturated carbocycles. The molecule has 2 fully saturated rings. The van der Waals surface area contributed by atoms with E-state index in [0.29, 0.717) is 18.2 Å². The monoisotopic (exact) mass is 225 g/mol. The van der Waals surface area contributed by atoms with Crippen molar-refractivity contribution in [1.29, 1.82) is 0 Å². The highest BCUT2D eigenvalue weighted by molar-refractivity contribution is 4.79. The van der Waals surface area contributed by atoms with Crippen molar-refractivity contribution in [1.82, 2.24) is 5.32 Å². The van der Waals surface area contributed by atoms with Gasteiger partial charge in [-0.1, -0.05) is 19.3 Å². The van der Waals surface area contributed by atoms with Gasteiger partial charge in [-0.05, 0) is 45.4 Å². The van der Waals surface area contributed by atoms with Crippen LogP contribution in [0.2, 0.25) is 0 Å². The lowest BCUT2D eigenvalue weighted by molar-refractivity contribution is 0.0528. The van der Waals surface area contributed by atoms with Gasteiger partial charge in [-0.3, -0.25) is 0 Å². The van der Waals surface area contributed by atoms with Crippen LogP contribution in [-0.4, -0.2) is 24.8 Å². The second kappa shape index (κ2) is 6.02. The molecular formula is C14H27NO. The van der Waals surface area contributed by atoms with Crippen molar-refractivity contribution in [2.45, 2.75) is 77.0 Å². The van der Waals surface area contributed by atoms with E-state index in [1.807, 2.05) is 0 Å². The molecule has 3 atom stereocenters. The Bertz CT molecular complexity index is 201. The van der Waals surface area contributed by atoms with E-state index in [1.54, 1.807) is 0 Å². The SMILES string of the molecule is CC1CCC(CN[C@@H](C)C2CCCCC2)O1.